The summed E-state index contributed by atoms with van der Waals surface area (Å²) in [4.78, 5) is 0. The first-order valence-corrected chi connectivity index (χ1v) is 10.2. The van der Waals surface area contributed by atoms with Crippen LogP contribution < -0.4 is 0 Å². The Morgan fingerprint density at radius 1 is 0.524 bits per heavy atom. The van der Waals surface area contributed by atoms with E-state index in [4.69, 9.17) is 0 Å². The zero-order valence-corrected chi connectivity index (χ0v) is 15.5. The third-order valence-electron chi connectivity index (χ3n) is 4.33. The molecule has 0 saturated heterocycles. The van der Waals surface area contributed by atoms with Crippen LogP contribution in [0, 0.1) is 0 Å². The maximum Gasteiger partial charge on any atom is -0.0343 e. The van der Waals surface area contributed by atoms with Crippen LogP contribution >= 0.6 is 12.6 Å². The first kappa shape index (κ1) is 21.1. The maximum atomic E-state index is 4.07. The second-order valence-electron chi connectivity index (χ2n) is 6.48. The van der Waals surface area contributed by atoms with Crippen LogP contribution in [0.4, 0.5) is 0 Å². The lowest BCUT2D eigenvalue weighted by Gasteiger charge is -2.03. The molecule has 0 amide bonds. The highest BCUT2D eigenvalue weighted by Gasteiger charge is 1.94. The van der Waals surface area contributed by atoms with Gasteiger partial charge in [-0.3, -0.25) is 0 Å². The Bertz CT molecular complexity index is 198. The van der Waals surface area contributed by atoms with Gasteiger partial charge in [-0.05, 0) is 18.2 Å². The summed E-state index contributed by atoms with van der Waals surface area (Å²) >= 11 is 4.07. The fraction of sp³-hybridized carbons (Fsp3) is 0.900. The Hall–Kier alpha value is 0.0900. The summed E-state index contributed by atoms with van der Waals surface area (Å²) in [7, 11) is 0. The summed E-state index contributed by atoms with van der Waals surface area (Å²) in [6, 6.07) is 0. The topological polar surface area (TPSA) is 0 Å². The Kier molecular flexibility index (Phi) is 20.2. The van der Waals surface area contributed by atoms with Crippen molar-refractivity contribution in [3.63, 3.8) is 0 Å². The minimum atomic E-state index is 1.21. The standard InChI is InChI=1S/C20H40S/c1-2-3-4-5-6-7-8-9-10-11-12-13-14-15-16-17-18-19-20-21/h19-21H,2-18H2,1H3/b20-19+. The normalized spacial score (nSPS) is 11.5. The second-order valence-corrected chi connectivity index (χ2v) is 6.77. The van der Waals surface area contributed by atoms with Crippen molar-refractivity contribution < 1.29 is 0 Å². The summed E-state index contributed by atoms with van der Waals surface area (Å²) in [5.74, 6) is 0. The SMILES string of the molecule is CCCCCCCCCCCCCCCCCC/C=C/S. The van der Waals surface area contributed by atoms with E-state index in [0.29, 0.717) is 0 Å². The number of hydrogen-bond acceptors (Lipinski definition) is 1. The van der Waals surface area contributed by atoms with Crippen LogP contribution in [0.5, 0.6) is 0 Å². The average molecular weight is 313 g/mol. The van der Waals surface area contributed by atoms with Crippen molar-refractivity contribution in [1.29, 1.82) is 0 Å². The molecule has 0 aliphatic carbocycles. The van der Waals surface area contributed by atoms with Gasteiger partial charge in [0.1, 0.15) is 0 Å². The van der Waals surface area contributed by atoms with Crippen LogP contribution in [-0.2, 0) is 0 Å². The highest BCUT2D eigenvalue weighted by molar-refractivity contribution is 7.83. The molecule has 0 rings (SSSR count). The lowest BCUT2D eigenvalue weighted by Crippen LogP contribution is -1.83. The monoisotopic (exact) mass is 312 g/mol. The third-order valence-corrected chi connectivity index (χ3v) is 4.54. The van der Waals surface area contributed by atoms with E-state index in [1.165, 1.54) is 109 Å². The highest BCUT2D eigenvalue weighted by Crippen LogP contribution is 2.14. The van der Waals surface area contributed by atoms with Crippen LogP contribution in [0.2, 0.25) is 0 Å². The van der Waals surface area contributed by atoms with Gasteiger partial charge in [-0.2, -0.15) is 12.6 Å². The number of thiol groups is 1. The summed E-state index contributed by atoms with van der Waals surface area (Å²) < 4.78 is 0. The molecule has 0 aromatic heterocycles. The lowest BCUT2D eigenvalue weighted by molar-refractivity contribution is 0.530. The molecular formula is C20H40S. The second kappa shape index (κ2) is 20.1. The van der Waals surface area contributed by atoms with E-state index in [-0.39, 0.29) is 0 Å². The molecule has 0 aliphatic heterocycles. The van der Waals surface area contributed by atoms with Gasteiger partial charge in [0.25, 0.3) is 0 Å². The number of rotatable bonds is 17. The van der Waals surface area contributed by atoms with Gasteiger partial charge < -0.3 is 0 Å². The van der Waals surface area contributed by atoms with Crippen LogP contribution in [-0.4, -0.2) is 0 Å². The number of allylic oxidation sites excluding steroid dienone is 1. The van der Waals surface area contributed by atoms with E-state index < -0.39 is 0 Å². The molecule has 0 bridgehead atoms. The maximum absolute atomic E-state index is 4.07. The van der Waals surface area contributed by atoms with Crippen LogP contribution in [0.1, 0.15) is 116 Å². The highest BCUT2D eigenvalue weighted by atomic mass is 32.1. The Labute approximate surface area is 140 Å². The van der Waals surface area contributed by atoms with Crippen molar-refractivity contribution in [2.75, 3.05) is 0 Å². The van der Waals surface area contributed by atoms with Gasteiger partial charge in [0, 0.05) is 0 Å². The van der Waals surface area contributed by atoms with E-state index in [1.54, 1.807) is 0 Å². The molecule has 0 fully saturated rings. The Morgan fingerprint density at radius 2 is 0.857 bits per heavy atom. The fourth-order valence-electron chi connectivity index (χ4n) is 2.88. The van der Waals surface area contributed by atoms with Crippen molar-refractivity contribution in [2.45, 2.75) is 116 Å². The van der Waals surface area contributed by atoms with Gasteiger partial charge in [-0.15, -0.1) is 0 Å². The molecule has 0 spiro atoms. The van der Waals surface area contributed by atoms with E-state index in [1.807, 2.05) is 5.41 Å². The molecule has 21 heavy (non-hydrogen) atoms. The van der Waals surface area contributed by atoms with Gasteiger partial charge in [0.2, 0.25) is 0 Å². The van der Waals surface area contributed by atoms with Crippen molar-refractivity contribution in [2.24, 2.45) is 0 Å². The largest absolute Gasteiger partial charge is 0.152 e. The molecule has 0 aromatic rings. The van der Waals surface area contributed by atoms with E-state index >= 15 is 0 Å². The summed E-state index contributed by atoms with van der Waals surface area (Å²) in [6.07, 6.45) is 26.5. The Morgan fingerprint density at radius 3 is 1.19 bits per heavy atom. The minimum absolute atomic E-state index is 1.21. The molecule has 0 nitrogen and oxygen atoms in total. The van der Waals surface area contributed by atoms with E-state index in [2.05, 4.69) is 25.6 Å². The molecule has 0 heterocycles. The Balaban J connectivity index is 2.93. The average Bonchev–Trinajstić information content (AvgIpc) is 2.50. The minimum Gasteiger partial charge on any atom is -0.152 e. The predicted molar refractivity (Wildman–Crippen MR) is 102 cm³/mol. The lowest BCUT2D eigenvalue weighted by atomic mass is 10.0. The summed E-state index contributed by atoms with van der Waals surface area (Å²) in [5, 5.41) is 1.87. The zero-order valence-electron chi connectivity index (χ0n) is 14.6. The molecule has 0 unspecified atom stereocenters. The van der Waals surface area contributed by atoms with Crippen molar-refractivity contribution in [1.82, 2.24) is 0 Å². The molecule has 0 saturated carbocycles. The zero-order chi connectivity index (χ0) is 15.4. The molecule has 126 valence electrons. The third kappa shape index (κ3) is 20.1. The van der Waals surface area contributed by atoms with Crippen LogP contribution in [0.3, 0.4) is 0 Å². The molecule has 0 atom stereocenters. The molecule has 1 heteroatoms. The first-order chi connectivity index (χ1) is 10.4. The first-order valence-electron chi connectivity index (χ1n) is 9.71. The van der Waals surface area contributed by atoms with Crippen molar-refractivity contribution in [3.05, 3.63) is 11.5 Å². The van der Waals surface area contributed by atoms with Crippen molar-refractivity contribution >= 4 is 12.6 Å². The molecule has 0 aliphatic rings. The molecule has 0 radical (unpaired) electrons. The fourth-order valence-corrected chi connectivity index (χ4v) is 3.03. The number of unbranched alkanes of at least 4 members (excludes halogenated alkanes) is 16. The van der Waals surface area contributed by atoms with Gasteiger partial charge in [0.15, 0.2) is 0 Å². The predicted octanol–water partition coefficient (Wildman–Crippen LogP) is 8.08. The van der Waals surface area contributed by atoms with Crippen LogP contribution in [0.25, 0.3) is 0 Å². The van der Waals surface area contributed by atoms with Gasteiger partial charge >= 0.3 is 0 Å². The number of hydrogen-bond donors (Lipinski definition) is 1. The quantitative estimate of drug-likeness (QED) is 0.204. The van der Waals surface area contributed by atoms with Gasteiger partial charge in [-0.1, -0.05) is 109 Å². The van der Waals surface area contributed by atoms with Crippen molar-refractivity contribution in [3.8, 4) is 0 Å². The van der Waals surface area contributed by atoms with E-state index in [0.717, 1.165) is 0 Å². The van der Waals surface area contributed by atoms with Gasteiger partial charge in [-0.25, -0.2) is 0 Å². The van der Waals surface area contributed by atoms with Gasteiger partial charge in [0.05, 0.1) is 0 Å². The van der Waals surface area contributed by atoms with E-state index in [9.17, 15) is 0 Å². The summed E-state index contributed by atoms with van der Waals surface area (Å²) in [5.41, 5.74) is 0. The molecule has 0 aromatic carbocycles. The van der Waals surface area contributed by atoms with Crippen LogP contribution in [0.15, 0.2) is 11.5 Å². The smallest absolute Gasteiger partial charge is 0.0343 e. The molecular weight excluding hydrogens is 272 g/mol. The molecule has 0 N–H and O–H groups in total. The summed E-state index contributed by atoms with van der Waals surface area (Å²) in [6.45, 7) is 2.29.